The predicted octanol–water partition coefficient (Wildman–Crippen LogP) is 2.38. The third kappa shape index (κ3) is 5.24. The Morgan fingerprint density at radius 1 is 1.54 bits per heavy atom. The van der Waals surface area contributed by atoms with Crippen LogP contribution in [0.2, 0.25) is 0 Å². The second kappa shape index (κ2) is 7.60. The van der Waals surface area contributed by atoms with E-state index in [0.29, 0.717) is 12.5 Å². The van der Waals surface area contributed by atoms with Crippen LogP contribution in [0.5, 0.6) is 0 Å². The summed E-state index contributed by atoms with van der Waals surface area (Å²) in [6, 6.07) is 1.97. The molecule has 0 heterocycles. The van der Waals surface area contributed by atoms with Crippen LogP contribution in [0.3, 0.4) is 0 Å². The summed E-state index contributed by atoms with van der Waals surface area (Å²) in [4.78, 5) is 4.03. The van der Waals surface area contributed by atoms with E-state index >= 15 is 0 Å². The summed E-state index contributed by atoms with van der Waals surface area (Å²) in [5, 5.41) is 8.27. The smallest absolute Gasteiger partial charge is 0.187 e. The summed E-state index contributed by atoms with van der Waals surface area (Å²) in [5.41, 5.74) is 0. The zero-order valence-corrected chi connectivity index (χ0v) is 8.71. The van der Waals surface area contributed by atoms with Gasteiger partial charge < -0.3 is 4.74 Å². The molecule has 0 aromatic carbocycles. The highest BCUT2D eigenvalue weighted by Gasteiger charge is 2.28. The lowest BCUT2D eigenvalue weighted by molar-refractivity contribution is 0.313. The number of hydrogen-bond acceptors (Lipinski definition) is 3. The fraction of sp³-hybridized carbons (Fsp3) is 0.800. The van der Waals surface area contributed by atoms with Crippen molar-refractivity contribution < 1.29 is 4.74 Å². The minimum atomic E-state index is 0.228. The molecule has 0 aromatic heterocycles. The molecule has 0 spiro atoms. The molecule has 0 radical (unpaired) electrons. The van der Waals surface area contributed by atoms with Crippen LogP contribution < -0.4 is 0 Å². The predicted molar refractivity (Wildman–Crippen MR) is 53.6 cm³/mol. The lowest BCUT2D eigenvalue weighted by Crippen LogP contribution is -2.07. The highest BCUT2D eigenvalue weighted by atomic mass is 16.5. The van der Waals surface area contributed by atoms with Gasteiger partial charge in [-0.1, -0.05) is 13.8 Å². The van der Waals surface area contributed by atoms with Crippen LogP contribution >= 0.6 is 0 Å². The SMILES string of the molecule is CC.CCOC(=NCC#N)C1CC1. The van der Waals surface area contributed by atoms with Gasteiger partial charge in [0.1, 0.15) is 6.54 Å². The van der Waals surface area contributed by atoms with E-state index in [0.717, 1.165) is 5.90 Å². The standard InChI is InChI=1S/C8H12N2O.C2H6/c1-2-11-8(7-3-4-7)10-6-5-9;1-2/h7H,2-4,6H2,1H3;1-2H3. The van der Waals surface area contributed by atoms with Crippen molar-refractivity contribution in [2.75, 3.05) is 13.2 Å². The van der Waals surface area contributed by atoms with Crippen molar-refractivity contribution in [2.24, 2.45) is 10.9 Å². The van der Waals surface area contributed by atoms with E-state index in [2.05, 4.69) is 4.99 Å². The molecule has 13 heavy (non-hydrogen) atoms. The molecule has 0 saturated heterocycles. The minimum absolute atomic E-state index is 0.228. The number of hydrogen-bond donors (Lipinski definition) is 0. The summed E-state index contributed by atoms with van der Waals surface area (Å²) < 4.78 is 5.27. The fourth-order valence-electron chi connectivity index (χ4n) is 0.884. The average Bonchev–Trinajstić information content (AvgIpc) is 2.99. The maximum absolute atomic E-state index is 8.27. The minimum Gasteiger partial charge on any atom is -0.481 e. The van der Waals surface area contributed by atoms with E-state index in [1.807, 2.05) is 26.8 Å². The van der Waals surface area contributed by atoms with Gasteiger partial charge in [-0.15, -0.1) is 0 Å². The number of nitrogens with zero attached hydrogens (tertiary/aromatic N) is 2. The van der Waals surface area contributed by atoms with E-state index in [4.69, 9.17) is 10.00 Å². The van der Waals surface area contributed by atoms with Crippen LogP contribution in [0, 0.1) is 17.2 Å². The maximum Gasteiger partial charge on any atom is 0.187 e. The molecule has 74 valence electrons. The van der Waals surface area contributed by atoms with Crippen molar-refractivity contribution in [3.8, 4) is 6.07 Å². The third-order valence-electron chi connectivity index (χ3n) is 1.52. The molecule has 0 atom stereocenters. The molecule has 1 rings (SSSR count). The van der Waals surface area contributed by atoms with Gasteiger partial charge in [-0.05, 0) is 19.8 Å². The van der Waals surface area contributed by atoms with Crippen LogP contribution in [-0.2, 0) is 4.74 Å². The Bertz CT molecular complexity index is 190. The molecular formula is C10H18N2O. The number of ether oxygens (including phenoxy) is 1. The summed E-state index contributed by atoms with van der Waals surface area (Å²) in [6.45, 7) is 6.82. The zero-order valence-electron chi connectivity index (χ0n) is 8.71. The van der Waals surface area contributed by atoms with Crippen molar-refractivity contribution in [2.45, 2.75) is 33.6 Å². The van der Waals surface area contributed by atoms with Crippen molar-refractivity contribution >= 4 is 5.90 Å². The lowest BCUT2D eigenvalue weighted by atomic mass is 10.4. The summed E-state index contributed by atoms with van der Waals surface area (Å²) >= 11 is 0. The summed E-state index contributed by atoms with van der Waals surface area (Å²) in [5.74, 6) is 1.30. The molecule has 1 aliphatic rings. The molecule has 0 N–H and O–H groups in total. The van der Waals surface area contributed by atoms with Crippen LogP contribution in [0.1, 0.15) is 33.6 Å². The van der Waals surface area contributed by atoms with Crippen LogP contribution in [-0.4, -0.2) is 19.0 Å². The largest absolute Gasteiger partial charge is 0.481 e. The topological polar surface area (TPSA) is 45.4 Å². The van der Waals surface area contributed by atoms with Gasteiger partial charge in [-0.3, -0.25) is 0 Å². The Hall–Kier alpha value is -1.04. The van der Waals surface area contributed by atoms with Crippen LogP contribution in [0.4, 0.5) is 0 Å². The second-order valence-corrected chi connectivity index (χ2v) is 2.52. The molecule has 1 saturated carbocycles. The number of nitriles is 1. The second-order valence-electron chi connectivity index (χ2n) is 2.52. The third-order valence-corrected chi connectivity index (χ3v) is 1.52. The van der Waals surface area contributed by atoms with Crippen molar-refractivity contribution in [1.29, 1.82) is 5.26 Å². The molecule has 0 amide bonds. The van der Waals surface area contributed by atoms with E-state index < -0.39 is 0 Å². The molecular weight excluding hydrogens is 164 g/mol. The Morgan fingerprint density at radius 3 is 2.54 bits per heavy atom. The molecule has 1 aliphatic carbocycles. The van der Waals surface area contributed by atoms with Crippen molar-refractivity contribution in [3.05, 3.63) is 0 Å². The van der Waals surface area contributed by atoms with Crippen molar-refractivity contribution in [3.63, 3.8) is 0 Å². The number of rotatable bonds is 3. The molecule has 0 aliphatic heterocycles. The van der Waals surface area contributed by atoms with E-state index in [-0.39, 0.29) is 6.54 Å². The van der Waals surface area contributed by atoms with Gasteiger partial charge in [0.05, 0.1) is 12.7 Å². The Balaban J connectivity index is 0.000000671. The quantitative estimate of drug-likeness (QED) is 0.382. The first-order valence-corrected chi connectivity index (χ1v) is 4.92. The molecule has 0 aromatic rings. The fourth-order valence-corrected chi connectivity index (χ4v) is 0.884. The van der Waals surface area contributed by atoms with Gasteiger partial charge in [0, 0.05) is 5.92 Å². The first-order valence-electron chi connectivity index (χ1n) is 4.92. The van der Waals surface area contributed by atoms with Gasteiger partial charge in [0.2, 0.25) is 0 Å². The summed E-state index contributed by atoms with van der Waals surface area (Å²) in [6.07, 6.45) is 2.34. The lowest BCUT2D eigenvalue weighted by Gasteiger charge is -2.03. The first-order chi connectivity index (χ1) is 6.38. The van der Waals surface area contributed by atoms with Gasteiger partial charge in [0.25, 0.3) is 0 Å². The maximum atomic E-state index is 8.27. The molecule has 1 fully saturated rings. The zero-order chi connectivity index (χ0) is 10.1. The highest BCUT2D eigenvalue weighted by molar-refractivity contribution is 5.81. The Morgan fingerprint density at radius 2 is 2.15 bits per heavy atom. The average molecular weight is 182 g/mol. The molecule has 0 bridgehead atoms. The Labute approximate surface area is 80.4 Å². The molecule has 0 unspecified atom stereocenters. The number of aliphatic imine (C=N–C) groups is 1. The van der Waals surface area contributed by atoms with E-state index in [1.54, 1.807) is 0 Å². The monoisotopic (exact) mass is 182 g/mol. The normalized spacial score (nSPS) is 15.4. The van der Waals surface area contributed by atoms with Crippen LogP contribution in [0.15, 0.2) is 4.99 Å². The molecule has 3 heteroatoms. The van der Waals surface area contributed by atoms with Crippen molar-refractivity contribution in [1.82, 2.24) is 0 Å². The first kappa shape index (κ1) is 12.0. The van der Waals surface area contributed by atoms with Gasteiger partial charge in [0.15, 0.2) is 5.90 Å². The highest BCUT2D eigenvalue weighted by Crippen LogP contribution is 2.30. The van der Waals surface area contributed by atoms with Gasteiger partial charge in [-0.2, -0.15) is 5.26 Å². The van der Waals surface area contributed by atoms with Gasteiger partial charge >= 0.3 is 0 Å². The molecule has 3 nitrogen and oxygen atoms in total. The van der Waals surface area contributed by atoms with E-state index in [9.17, 15) is 0 Å². The summed E-state index contributed by atoms with van der Waals surface area (Å²) in [7, 11) is 0. The Kier molecular flexibility index (Phi) is 6.99. The van der Waals surface area contributed by atoms with E-state index in [1.165, 1.54) is 12.8 Å². The van der Waals surface area contributed by atoms with Crippen LogP contribution in [0.25, 0.3) is 0 Å². The van der Waals surface area contributed by atoms with Gasteiger partial charge in [-0.25, -0.2) is 4.99 Å².